The number of halogens is 5. The summed E-state index contributed by atoms with van der Waals surface area (Å²) in [6.45, 7) is 7.73. The quantitative estimate of drug-likeness (QED) is 0.411. The van der Waals surface area contributed by atoms with E-state index in [9.17, 15) is 40.3 Å². The molecule has 1 aliphatic rings. The molecule has 1 aliphatic heterocycles. The zero-order valence-corrected chi connectivity index (χ0v) is 23.5. The van der Waals surface area contributed by atoms with Gasteiger partial charge in [0.15, 0.2) is 27.1 Å². The van der Waals surface area contributed by atoms with Crippen LogP contribution in [0.4, 0.5) is 27.6 Å². The van der Waals surface area contributed by atoms with E-state index in [1.54, 1.807) is 0 Å². The molecule has 222 valence electrons. The Morgan fingerprint density at radius 2 is 1.80 bits per heavy atom. The fraction of sp³-hybridized carbons (Fsp3) is 0.538. The van der Waals surface area contributed by atoms with E-state index in [2.05, 4.69) is 15.6 Å². The van der Waals surface area contributed by atoms with Crippen LogP contribution in [0.1, 0.15) is 57.9 Å². The highest BCUT2D eigenvalue weighted by atomic mass is 32.2. The van der Waals surface area contributed by atoms with Crippen molar-refractivity contribution in [2.75, 3.05) is 18.1 Å². The van der Waals surface area contributed by atoms with Gasteiger partial charge in [-0.05, 0) is 51.5 Å². The molecule has 1 aromatic heterocycles. The highest BCUT2D eigenvalue weighted by Crippen LogP contribution is 2.54. The molecule has 3 rings (SSSR count). The molecule has 40 heavy (non-hydrogen) atoms. The number of anilines is 1. The van der Waals surface area contributed by atoms with Crippen LogP contribution in [0.25, 0.3) is 0 Å². The zero-order chi connectivity index (χ0) is 30.4. The number of alkyl halides is 3. The number of hydrogen-bond donors (Lipinski definition) is 3. The molecule has 0 aliphatic carbocycles. The Kier molecular flexibility index (Phi) is 8.72. The van der Waals surface area contributed by atoms with Crippen LogP contribution in [-0.4, -0.2) is 60.6 Å². The number of rotatable bonds is 7. The third kappa shape index (κ3) is 6.45. The van der Waals surface area contributed by atoms with Gasteiger partial charge in [0.1, 0.15) is 17.1 Å². The highest BCUT2D eigenvalue weighted by molar-refractivity contribution is 7.90. The zero-order valence-electron chi connectivity index (χ0n) is 22.7. The summed E-state index contributed by atoms with van der Waals surface area (Å²) < 4.78 is 101. The van der Waals surface area contributed by atoms with E-state index < -0.39 is 73.7 Å². The van der Waals surface area contributed by atoms with Gasteiger partial charge >= 0.3 is 6.18 Å². The van der Waals surface area contributed by atoms with Gasteiger partial charge in [0.2, 0.25) is 0 Å². The van der Waals surface area contributed by atoms with E-state index in [-0.39, 0.29) is 23.5 Å². The maximum atomic E-state index is 14.7. The average molecular weight is 594 g/mol. The van der Waals surface area contributed by atoms with Crippen LogP contribution in [0.3, 0.4) is 0 Å². The standard InChI is InChI=1S/C26H32F5N3O5S/c1-13-19(15-8-9-16(27)20(28)22(15)40(6,37)38)21(39-25(13,5)26(29,30)31)23(36)34-14-7-10-17(32-11-14)18(35)12-33-24(2,3)4/h7-11,13,18-19,21,33,35H,12H2,1-6H3,(H,34,36)/t13-,18+,19-,21+,25+/m0/s1. The number of aliphatic hydroxyl groups excluding tert-OH is 1. The Bertz CT molecular complexity index is 1360. The second kappa shape index (κ2) is 11.0. The lowest BCUT2D eigenvalue weighted by atomic mass is 9.77. The number of β-amino-alcohol motifs (C(OH)–C–C–N with tert-alkyl or cyclic N) is 1. The first-order chi connectivity index (χ1) is 18.2. The van der Waals surface area contributed by atoms with Crippen LogP contribution in [0.5, 0.6) is 0 Å². The predicted molar refractivity (Wildman–Crippen MR) is 136 cm³/mol. The van der Waals surface area contributed by atoms with Gasteiger partial charge in [0.05, 0.1) is 17.6 Å². The van der Waals surface area contributed by atoms with Crippen molar-refractivity contribution in [3.63, 3.8) is 0 Å². The number of pyridine rings is 1. The Morgan fingerprint density at radius 3 is 2.30 bits per heavy atom. The van der Waals surface area contributed by atoms with Crippen molar-refractivity contribution in [3.8, 4) is 0 Å². The average Bonchev–Trinajstić information content (AvgIpc) is 3.10. The smallest absolute Gasteiger partial charge is 0.385 e. The first kappa shape index (κ1) is 31.8. The lowest BCUT2D eigenvalue weighted by Gasteiger charge is -2.32. The maximum absolute atomic E-state index is 14.7. The van der Waals surface area contributed by atoms with E-state index in [1.807, 2.05) is 20.8 Å². The van der Waals surface area contributed by atoms with Gasteiger partial charge < -0.3 is 20.5 Å². The van der Waals surface area contributed by atoms with E-state index >= 15 is 0 Å². The van der Waals surface area contributed by atoms with Gasteiger partial charge in [0, 0.05) is 30.2 Å². The minimum absolute atomic E-state index is 0.0500. The molecular formula is C26H32F5N3O5S. The lowest BCUT2D eigenvalue weighted by Crippen LogP contribution is -2.47. The summed E-state index contributed by atoms with van der Waals surface area (Å²) >= 11 is 0. The molecule has 1 aromatic carbocycles. The minimum atomic E-state index is -5.00. The molecule has 0 unspecified atom stereocenters. The molecule has 5 atom stereocenters. The second-order valence-electron chi connectivity index (χ2n) is 11.1. The molecule has 1 amide bonds. The molecule has 8 nitrogen and oxygen atoms in total. The maximum Gasteiger partial charge on any atom is 0.417 e. The van der Waals surface area contributed by atoms with Gasteiger partial charge in [-0.3, -0.25) is 9.78 Å². The van der Waals surface area contributed by atoms with Crippen molar-refractivity contribution in [2.24, 2.45) is 5.92 Å². The molecule has 14 heteroatoms. The second-order valence-corrected chi connectivity index (χ2v) is 13.1. The molecule has 2 aromatic rings. The summed E-state index contributed by atoms with van der Waals surface area (Å²) in [5.74, 6) is -7.56. The molecular weight excluding hydrogens is 561 g/mol. The molecule has 0 bridgehead atoms. The van der Waals surface area contributed by atoms with Crippen LogP contribution in [0.2, 0.25) is 0 Å². The molecule has 1 fully saturated rings. The Morgan fingerprint density at radius 1 is 1.18 bits per heavy atom. The van der Waals surface area contributed by atoms with Gasteiger partial charge in [-0.15, -0.1) is 0 Å². The largest absolute Gasteiger partial charge is 0.417 e. The van der Waals surface area contributed by atoms with Crippen LogP contribution in [0, 0.1) is 17.6 Å². The normalized spacial score (nSPS) is 24.6. The first-order valence-electron chi connectivity index (χ1n) is 12.3. The van der Waals surface area contributed by atoms with E-state index in [0.29, 0.717) is 19.2 Å². The molecule has 2 heterocycles. The Balaban J connectivity index is 1.98. The van der Waals surface area contributed by atoms with Crippen molar-refractivity contribution in [1.29, 1.82) is 0 Å². The number of hydrogen-bond acceptors (Lipinski definition) is 7. The van der Waals surface area contributed by atoms with Gasteiger partial charge in [-0.25, -0.2) is 17.2 Å². The van der Waals surface area contributed by atoms with Gasteiger partial charge in [-0.1, -0.05) is 13.0 Å². The predicted octanol–water partition coefficient (Wildman–Crippen LogP) is 4.26. The number of amides is 1. The van der Waals surface area contributed by atoms with Crippen molar-refractivity contribution < 1.29 is 45.0 Å². The number of carbonyl (C=O) groups excluding carboxylic acids is 1. The molecule has 3 N–H and O–H groups in total. The monoisotopic (exact) mass is 593 g/mol. The third-order valence-electron chi connectivity index (χ3n) is 6.96. The van der Waals surface area contributed by atoms with Crippen LogP contribution in [0.15, 0.2) is 35.4 Å². The SMILES string of the molecule is C[C@H]1[C@@H](c2ccc(F)c(F)c2S(C)(=O)=O)[C@H](C(=O)Nc2ccc([C@H](O)CNC(C)(C)C)nc2)O[C@@]1(C)C(F)(F)F. The Hall–Kier alpha value is -2.68. The topological polar surface area (TPSA) is 118 Å². The number of nitrogens with zero attached hydrogens (tertiary/aromatic N) is 1. The summed E-state index contributed by atoms with van der Waals surface area (Å²) in [6, 6.07) is 4.23. The number of nitrogens with one attached hydrogen (secondary N) is 2. The lowest BCUT2D eigenvalue weighted by molar-refractivity contribution is -0.272. The summed E-state index contributed by atoms with van der Waals surface area (Å²) in [4.78, 5) is 16.2. The number of carbonyl (C=O) groups is 1. The molecule has 1 saturated heterocycles. The molecule has 0 saturated carbocycles. The minimum Gasteiger partial charge on any atom is -0.385 e. The number of aromatic nitrogens is 1. The summed E-state index contributed by atoms with van der Waals surface area (Å²) in [5.41, 5.74) is -3.38. The van der Waals surface area contributed by atoms with Gasteiger partial charge in [0.25, 0.3) is 5.91 Å². The van der Waals surface area contributed by atoms with Crippen molar-refractivity contribution in [2.45, 2.75) is 75.0 Å². The molecule has 0 radical (unpaired) electrons. The van der Waals surface area contributed by atoms with Crippen LogP contribution >= 0.6 is 0 Å². The van der Waals surface area contributed by atoms with Crippen LogP contribution < -0.4 is 10.6 Å². The third-order valence-corrected chi connectivity index (χ3v) is 8.11. The fourth-order valence-corrected chi connectivity index (χ4v) is 5.66. The fourth-order valence-electron chi connectivity index (χ4n) is 4.61. The highest BCUT2D eigenvalue weighted by Gasteiger charge is 2.66. The molecule has 0 spiro atoms. The van der Waals surface area contributed by atoms with Crippen molar-refractivity contribution >= 4 is 21.4 Å². The number of aliphatic hydroxyl groups is 1. The van der Waals surface area contributed by atoms with E-state index in [1.165, 1.54) is 18.3 Å². The number of benzene rings is 1. The van der Waals surface area contributed by atoms with Gasteiger partial charge in [-0.2, -0.15) is 13.2 Å². The van der Waals surface area contributed by atoms with Crippen LogP contribution in [-0.2, 0) is 19.4 Å². The number of ether oxygens (including phenoxy) is 1. The summed E-state index contributed by atoms with van der Waals surface area (Å²) in [7, 11) is -4.48. The van der Waals surface area contributed by atoms with E-state index in [0.717, 1.165) is 13.0 Å². The Labute approximate surface area is 229 Å². The first-order valence-corrected chi connectivity index (χ1v) is 14.2. The van der Waals surface area contributed by atoms with Crippen molar-refractivity contribution in [1.82, 2.24) is 10.3 Å². The van der Waals surface area contributed by atoms with E-state index in [4.69, 9.17) is 4.74 Å². The summed E-state index contributed by atoms with van der Waals surface area (Å²) in [6.07, 6.45) is -6.14. The summed E-state index contributed by atoms with van der Waals surface area (Å²) in [5, 5.41) is 15.8. The number of sulfone groups is 1. The van der Waals surface area contributed by atoms with Crippen molar-refractivity contribution in [3.05, 3.63) is 53.4 Å².